The summed E-state index contributed by atoms with van der Waals surface area (Å²) in [5.74, 6) is -0.632. The van der Waals surface area contributed by atoms with Crippen LogP contribution in [-0.2, 0) is 26.2 Å². The Kier molecular flexibility index (Phi) is 8.50. The summed E-state index contributed by atoms with van der Waals surface area (Å²) >= 11 is 5.82. The van der Waals surface area contributed by atoms with Crippen molar-refractivity contribution in [2.75, 3.05) is 6.54 Å². The average Bonchev–Trinajstić information content (AvgIpc) is 3.17. The van der Waals surface area contributed by atoms with Crippen LogP contribution in [0.2, 0.25) is 5.02 Å². The molecular weight excluding hydrogens is 454 g/mol. The minimum Gasteiger partial charge on any atom is -0.467 e. The van der Waals surface area contributed by atoms with Crippen LogP contribution in [0.15, 0.2) is 52.0 Å². The maximum atomic E-state index is 13.2. The Morgan fingerprint density at radius 1 is 1.12 bits per heavy atom. The van der Waals surface area contributed by atoms with Gasteiger partial charge in [0.1, 0.15) is 11.8 Å². The van der Waals surface area contributed by atoms with Gasteiger partial charge in [-0.25, -0.2) is 13.1 Å². The van der Waals surface area contributed by atoms with Gasteiger partial charge in [-0.3, -0.25) is 9.59 Å². The predicted molar refractivity (Wildman–Crippen MR) is 122 cm³/mol. The van der Waals surface area contributed by atoms with Gasteiger partial charge < -0.3 is 14.6 Å². The molecule has 1 unspecified atom stereocenters. The van der Waals surface area contributed by atoms with E-state index in [0.717, 1.165) is 0 Å². The standard InChI is InChI=1S/C22H30ClN3O5S/c1-15(2)20(21(28)25-22(3,4)5)26(14-17-7-6-12-31-17)19(27)13-24-32(29,30)18-10-8-16(23)9-11-18/h6-12,15,20,24H,13-14H2,1-5H3,(H,25,28). The molecule has 1 aromatic heterocycles. The zero-order chi connectivity index (χ0) is 24.1. The number of halogens is 1. The van der Waals surface area contributed by atoms with Crippen LogP contribution >= 0.6 is 11.6 Å². The van der Waals surface area contributed by atoms with Crippen LogP contribution in [0.1, 0.15) is 40.4 Å². The first-order chi connectivity index (χ1) is 14.8. The molecule has 0 bridgehead atoms. The Balaban J connectivity index is 2.27. The van der Waals surface area contributed by atoms with E-state index in [0.29, 0.717) is 10.8 Å². The van der Waals surface area contributed by atoms with Gasteiger partial charge in [0.05, 0.1) is 24.2 Å². The van der Waals surface area contributed by atoms with Crippen LogP contribution in [0.5, 0.6) is 0 Å². The minimum atomic E-state index is -3.94. The molecule has 0 aliphatic heterocycles. The number of hydrogen-bond donors (Lipinski definition) is 2. The monoisotopic (exact) mass is 483 g/mol. The molecule has 2 rings (SSSR count). The largest absolute Gasteiger partial charge is 0.467 e. The molecule has 0 saturated heterocycles. The number of furan rings is 1. The molecule has 0 radical (unpaired) electrons. The summed E-state index contributed by atoms with van der Waals surface area (Å²) in [6.07, 6.45) is 1.47. The molecule has 176 valence electrons. The Labute approximate surface area is 194 Å². The van der Waals surface area contributed by atoms with Crippen molar-refractivity contribution >= 4 is 33.4 Å². The lowest BCUT2D eigenvalue weighted by molar-refractivity contribution is -0.143. The first kappa shape index (κ1) is 25.9. The van der Waals surface area contributed by atoms with E-state index in [1.165, 1.54) is 35.4 Å². The lowest BCUT2D eigenvalue weighted by Crippen LogP contribution is -2.57. The highest BCUT2D eigenvalue weighted by molar-refractivity contribution is 7.89. The molecule has 8 nitrogen and oxygen atoms in total. The quantitative estimate of drug-likeness (QED) is 0.569. The van der Waals surface area contributed by atoms with E-state index in [4.69, 9.17) is 16.0 Å². The fourth-order valence-corrected chi connectivity index (χ4v) is 4.22. The summed E-state index contributed by atoms with van der Waals surface area (Å²) in [4.78, 5) is 27.5. The molecule has 1 heterocycles. The van der Waals surface area contributed by atoms with Crippen LogP contribution in [0.3, 0.4) is 0 Å². The molecule has 2 amide bonds. The summed E-state index contributed by atoms with van der Waals surface area (Å²) in [7, 11) is -3.94. The van der Waals surface area contributed by atoms with Gasteiger partial charge in [0.2, 0.25) is 21.8 Å². The first-order valence-corrected chi connectivity index (χ1v) is 12.1. The van der Waals surface area contributed by atoms with Gasteiger partial charge in [-0.2, -0.15) is 0 Å². The average molecular weight is 484 g/mol. The van der Waals surface area contributed by atoms with Gasteiger partial charge in [0, 0.05) is 10.6 Å². The van der Waals surface area contributed by atoms with Gasteiger partial charge in [0.15, 0.2) is 0 Å². The lowest BCUT2D eigenvalue weighted by Gasteiger charge is -2.35. The van der Waals surface area contributed by atoms with Gasteiger partial charge in [-0.15, -0.1) is 0 Å². The molecule has 10 heteroatoms. The number of sulfonamides is 1. The van der Waals surface area contributed by atoms with E-state index >= 15 is 0 Å². The van der Waals surface area contributed by atoms with E-state index in [1.807, 2.05) is 34.6 Å². The maximum Gasteiger partial charge on any atom is 0.243 e. The van der Waals surface area contributed by atoms with Crippen molar-refractivity contribution < 1.29 is 22.4 Å². The zero-order valence-corrected chi connectivity index (χ0v) is 20.5. The SMILES string of the molecule is CC(C)C(C(=O)NC(C)(C)C)N(Cc1ccco1)C(=O)CNS(=O)(=O)c1ccc(Cl)cc1. The molecule has 1 aromatic carbocycles. The number of nitrogens with zero attached hydrogens (tertiary/aromatic N) is 1. The second-order valence-corrected chi connectivity index (χ2v) is 11.0. The molecule has 1 atom stereocenters. The molecule has 0 spiro atoms. The Hall–Kier alpha value is -2.36. The van der Waals surface area contributed by atoms with Gasteiger partial charge in [-0.05, 0) is 63.1 Å². The van der Waals surface area contributed by atoms with E-state index in [9.17, 15) is 18.0 Å². The Bertz CT molecular complexity index is 1010. The van der Waals surface area contributed by atoms with E-state index < -0.39 is 34.1 Å². The van der Waals surface area contributed by atoms with Gasteiger partial charge in [0.25, 0.3) is 0 Å². The highest BCUT2D eigenvalue weighted by Crippen LogP contribution is 2.18. The summed E-state index contributed by atoms with van der Waals surface area (Å²) in [6.45, 7) is 8.71. The lowest BCUT2D eigenvalue weighted by atomic mass is 9.99. The van der Waals surface area contributed by atoms with Crippen LogP contribution in [-0.4, -0.2) is 43.3 Å². The molecule has 0 saturated carbocycles. The third kappa shape index (κ3) is 7.36. The van der Waals surface area contributed by atoms with Gasteiger partial charge >= 0.3 is 0 Å². The Morgan fingerprint density at radius 3 is 2.25 bits per heavy atom. The number of nitrogens with one attached hydrogen (secondary N) is 2. The fourth-order valence-electron chi connectivity index (χ4n) is 3.12. The second kappa shape index (κ2) is 10.5. The van der Waals surface area contributed by atoms with Crippen molar-refractivity contribution in [3.05, 3.63) is 53.4 Å². The smallest absolute Gasteiger partial charge is 0.243 e. The second-order valence-electron chi connectivity index (χ2n) is 8.81. The number of benzene rings is 1. The minimum absolute atomic E-state index is 0.0156. The van der Waals surface area contributed by atoms with E-state index in [2.05, 4.69) is 10.0 Å². The third-order valence-electron chi connectivity index (χ3n) is 4.50. The zero-order valence-electron chi connectivity index (χ0n) is 18.9. The summed E-state index contributed by atoms with van der Waals surface area (Å²) in [6, 6.07) is 8.15. The van der Waals surface area contributed by atoms with Crippen LogP contribution < -0.4 is 10.0 Å². The number of rotatable bonds is 9. The summed E-state index contributed by atoms with van der Waals surface area (Å²) in [5.41, 5.74) is -0.500. The van der Waals surface area contributed by atoms with E-state index in [1.54, 1.807) is 12.1 Å². The van der Waals surface area contributed by atoms with Crippen molar-refractivity contribution in [3.63, 3.8) is 0 Å². The van der Waals surface area contributed by atoms with Crippen molar-refractivity contribution in [1.82, 2.24) is 14.9 Å². The molecular formula is C22H30ClN3O5S. The Morgan fingerprint density at radius 2 is 1.75 bits per heavy atom. The number of carbonyl (C=O) groups is 2. The normalized spacial score (nSPS) is 13.1. The van der Waals surface area contributed by atoms with Crippen molar-refractivity contribution in [3.8, 4) is 0 Å². The highest BCUT2D eigenvalue weighted by atomic mass is 35.5. The molecule has 0 aliphatic rings. The van der Waals surface area contributed by atoms with Crippen molar-refractivity contribution in [1.29, 1.82) is 0 Å². The summed E-state index contributed by atoms with van der Waals surface area (Å²) < 4.78 is 32.9. The predicted octanol–water partition coefficient (Wildman–Crippen LogP) is 3.18. The van der Waals surface area contributed by atoms with Crippen LogP contribution in [0.4, 0.5) is 0 Å². The molecule has 32 heavy (non-hydrogen) atoms. The molecule has 2 N–H and O–H groups in total. The molecule has 0 aliphatic carbocycles. The topological polar surface area (TPSA) is 109 Å². The first-order valence-electron chi connectivity index (χ1n) is 10.2. The maximum absolute atomic E-state index is 13.2. The highest BCUT2D eigenvalue weighted by Gasteiger charge is 2.35. The van der Waals surface area contributed by atoms with Crippen LogP contribution in [0.25, 0.3) is 0 Å². The van der Waals surface area contributed by atoms with Crippen molar-refractivity contribution in [2.24, 2.45) is 5.92 Å². The molecule has 0 fully saturated rings. The van der Waals surface area contributed by atoms with E-state index in [-0.39, 0.29) is 23.3 Å². The summed E-state index contributed by atoms with van der Waals surface area (Å²) in [5, 5.41) is 3.30. The van der Waals surface area contributed by atoms with Crippen molar-refractivity contribution in [2.45, 2.75) is 57.6 Å². The molecule has 2 aromatic rings. The number of carbonyl (C=O) groups excluding carboxylic acids is 2. The number of hydrogen-bond acceptors (Lipinski definition) is 5. The third-order valence-corrected chi connectivity index (χ3v) is 6.17. The number of amides is 2. The van der Waals surface area contributed by atoms with Gasteiger partial charge in [-0.1, -0.05) is 25.4 Å². The fraction of sp³-hybridized carbons (Fsp3) is 0.455. The van der Waals surface area contributed by atoms with Crippen LogP contribution in [0, 0.1) is 5.92 Å².